The molecule has 1 aromatic rings. The van der Waals surface area contributed by atoms with Gasteiger partial charge in [0.05, 0.1) is 21.3 Å². The first-order chi connectivity index (χ1) is 11.9. The average molecular weight is 486 g/mol. The lowest BCUT2D eigenvalue weighted by atomic mass is 9.40. The molecule has 4 nitrogen and oxygen atoms in total. The highest BCUT2D eigenvalue weighted by Gasteiger charge is 2.81. The summed E-state index contributed by atoms with van der Waals surface area (Å²) >= 11 is 1.86. The van der Waals surface area contributed by atoms with Crippen molar-refractivity contribution in [3.05, 3.63) is 15.0 Å². The number of ether oxygens (including phenoxy) is 1. The molecule has 0 N–H and O–H groups in total. The fraction of sp³-hybridized carbons (Fsp3) is 0.765. The van der Waals surface area contributed by atoms with Crippen LogP contribution >= 0.6 is 22.6 Å². The standard InChI is InChI=1S/C17H19F4IN2O2/c1-3-26-13(25)11-10(22)12(15-4-9(5-15)17(15,20)21)23-24(11)8-14(2)6-16(18,19)7-14/h9H,3-8H2,1-2H3. The largest absolute Gasteiger partial charge is 0.461 e. The third kappa shape index (κ3) is 2.30. The molecule has 0 amide bonds. The maximum Gasteiger partial charge on any atom is 0.357 e. The zero-order valence-electron chi connectivity index (χ0n) is 14.4. The molecule has 0 aliphatic heterocycles. The molecule has 144 valence electrons. The topological polar surface area (TPSA) is 44.1 Å². The second-order valence-electron chi connectivity index (χ2n) is 8.22. The number of esters is 1. The Labute approximate surface area is 161 Å². The highest BCUT2D eigenvalue weighted by molar-refractivity contribution is 14.1. The highest BCUT2D eigenvalue weighted by Crippen LogP contribution is 2.74. The minimum atomic E-state index is -2.81. The number of carbonyl (C=O) groups is 1. The van der Waals surface area contributed by atoms with E-state index in [2.05, 4.69) is 5.10 Å². The van der Waals surface area contributed by atoms with E-state index in [4.69, 9.17) is 4.74 Å². The summed E-state index contributed by atoms with van der Waals surface area (Å²) in [4.78, 5) is 12.4. The third-order valence-electron chi connectivity index (χ3n) is 6.06. The molecule has 4 saturated carbocycles. The molecule has 4 aliphatic carbocycles. The van der Waals surface area contributed by atoms with Crippen LogP contribution in [0.2, 0.25) is 0 Å². The number of hydrogen-bond acceptors (Lipinski definition) is 3. The van der Waals surface area contributed by atoms with Crippen molar-refractivity contribution in [1.29, 1.82) is 0 Å². The Balaban J connectivity index is 1.71. The maximum atomic E-state index is 14.2. The Morgan fingerprint density at radius 3 is 2.35 bits per heavy atom. The van der Waals surface area contributed by atoms with Gasteiger partial charge in [-0.3, -0.25) is 4.68 Å². The lowest BCUT2D eigenvalue weighted by molar-refractivity contribution is -0.304. The minimum Gasteiger partial charge on any atom is -0.461 e. The van der Waals surface area contributed by atoms with E-state index in [9.17, 15) is 22.4 Å². The molecule has 0 saturated heterocycles. The Morgan fingerprint density at radius 1 is 1.31 bits per heavy atom. The quantitative estimate of drug-likeness (QED) is 0.352. The molecular weight excluding hydrogens is 467 g/mol. The third-order valence-corrected chi connectivity index (χ3v) is 7.08. The van der Waals surface area contributed by atoms with E-state index in [1.54, 1.807) is 13.8 Å². The molecule has 9 heteroatoms. The summed E-state index contributed by atoms with van der Waals surface area (Å²) in [5.74, 6) is -6.80. The van der Waals surface area contributed by atoms with Crippen LogP contribution in [0.25, 0.3) is 0 Å². The van der Waals surface area contributed by atoms with E-state index in [1.165, 1.54) is 4.68 Å². The van der Waals surface area contributed by atoms with Crippen LogP contribution in [0.15, 0.2) is 0 Å². The Kier molecular flexibility index (Phi) is 3.80. The summed E-state index contributed by atoms with van der Waals surface area (Å²) in [5.41, 5.74) is -1.73. The Morgan fingerprint density at radius 2 is 1.92 bits per heavy atom. The van der Waals surface area contributed by atoms with Gasteiger partial charge in [0, 0.05) is 25.3 Å². The molecule has 1 heterocycles. The van der Waals surface area contributed by atoms with Crippen molar-refractivity contribution in [3.63, 3.8) is 0 Å². The number of hydrogen-bond donors (Lipinski definition) is 0. The van der Waals surface area contributed by atoms with E-state index in [-0.39, 0.29) is 37.4 Å². The van der Waals surface area contributed by atoms with Crippen LogP contribution in [0.1, 0.15) is 55.7 Å². The van der Waals surface area contributed by atoms with Gasteiger partial charge in [0.2, 0.25) is 5.92 Å². The van der Waals surface area contributed by atoms with Crippen molar-refractivity contribution in [2.45, 2.75) is 63.3 Å². The number of alkyl halides is 4. The van der Waals surface area contributed by atoms with E-state index < -0.39 is 34.6 Å². The molecule has 1 aromatic heterocycles. The molecule has 5 rings (SSSR count). The molecule has 2 bridgehead atoms. The molecular formula is C17H19F4IN2O2. The van der Waals surface area contributed by atoms with Gasteiger partial charge in [0.15, 0.2) is 5.69 Å². The van der Waals surface area contributed by atoms with Gasteiger partial charge in [0.25, 0.3) is 5.92 Å². The number of aromatic nitrogens is 2. The normalized spacial score (nSPS) is 32.2. The zero-order valence-corrected chi connectivity index (χ0v) is 16.6. The number of rotatable bonds is 5. The van der Waals surface area contributed by atoms with Crippen molar-refractivity contribution in [2.75, 3.05) is 6.61 Å². The van der Waals surface area contributed by atoms with Crippen LogP contribution in [-0.2, 0) is 16.7 Å². The van der Waals surface area contributed by atoms with Crippen LogP contribution in [0.3, 0.4) is 0 Å². The highest BCUT2D eigenvalue weighted by atomic mass is 127. The zero-order chi connectivity index (χ0) is 19.1. The van der Waals surface area contributed by atoms with Gasteiger partial charge in [-0.05, 0) is 47.8 Å². The molecule has 0 radical (unpaired) electrons. The number of halogens is 5. The molecule has 0 atom stereocenters. The number of nitrogens with zero attached hydrogens (tertiary/aromatic N) is 2. The van der Waals surface area contributed by atoms with Gasteiger partial charge in [-0.2, -0.15) is 5.10 Å². The smallest absolute Gasteiger partial charge is 0.357 e. The van der Waals surface area contributed by atoms with Crippen molar-refractivity contribution >= 4 is 28.6 Å². The van der Waals surface area contributed by atoms with Gasteiger partial charge in [-0.25, -0.2) is 22.4 Å². The summed E-state index contributed by atoms with van der Waals surface area (Å²) < 4.78 is 61.9. The monoisotopic (exact) mass is 486 g/mol. The Hall–Kier alpha value is -0.870. The van der Waals surface area contributed by atoms with Crippen LogP contribution in [-0.4, -0.2) is 34.2 Å². The summed E-state index contributed by atoms with van der Waals surface area (Å²) in [6, 6.07) is 0. The first kappa shape index (κ1) is 18.5. The number of carbonyl (C=O) groups excluding carboxylic acids is 1. The van der Waals surface area contributed by atoms with Gasteiger partial charge in [-0.1, -0.05) is 6.92 Å². The van der Waals surface area contributed by atoms with Gasteiger partial charge in [-0.15, -0.1) is 0 Å². The van der Waals surface area contributed by atoms with Crippen LogP contribution in [0.4, 0.5) is 17.6 Å². The Bertz CT molecular complexity index is 778. The van der Waals surface area contributed by atoms with Crippen molar-refractivity contribution in [3.8, 4) is 0 Å². The molecule has 4 aliphatic rings. The predicted octanol–water partition coefficient (Wildman–Crippen LogP) is 4.40. The van der Waals surface area contributed by atoms with Crippen LogP contribution < -0.4 is 0 Å². The minimum absolute atomic E-state index is 0.0812. The van der Waals surface area contributed by atoms with Gasteiger partial charge in [0.1, 0.15) is 0 Å². The second kappa shape index (κ2) is 5.35. The first-order valence-corrected chi connectivity index (χ1v) is 9.72. The van der Waals surface area contributed by atoms with Crippen LogP contribution in [0.5, 0.6) is 0 Å². The second-order valence-corrected chi connectivity index (χ2v) is 9.30. The van der Waals surface area contributed by atoms with E-state index in [1.807, 2.05) is 22.6 Å². The van der Waals surface area contributed by atoms with Gasteiger partial charge >= 0.3 is 5.97 Å². The maximum absolute atomic E-state index is 14.2. The fourth-order valence-electron chi connectivity index (χ4n) is 4.71. The first-order valence-electron chi connectivity index (χ1n) is 8.64. The van der Waals surface area contributed by atoms with Crippen molar-refractivity contribution < 1.29 is 27.1 Å². The van der Waals surface area contributed by atoms with E-state index in [0.29, 0.717) is 16.4 Å². The van der Waals surface area contributed by atoms with Crippen molar-refractivity contribution in [1.82, 2.24) is 9.78 Å². The molecule has 26 heavy (non-hydrogen) atoms. The van der Waals surface area contributed by atoms with E-state index >= 15 is 0 Å². The molecule has 4 fully saturated rings. The molecule has 0 unspecified atom stereocenters. The summed E-state index contributed by atoms with van der Waals surface area (Å²) in [6.07, 6.45) is 0.0874. The fourth-order valence-corrected chi connectivity index (χ4v) is 5.84. The summed E-state index contributed by atoms with van der Waals surface area (Å²) in [7, 11) is 0. The van der Waals surface area contributed by atoms with Crippen molar-refractivity contribution in [2.24, 2.45) is 11.3 Å². The molecule has 0 aromatic carbocycles. The van der Waals surface area contributed by atoms with Gasteiger partial charge < -0.3 is 4.74 Å². The van der Waals surface area contributed by atoms with Crippen LogP contribution in [0, 0.1) is 14.9 Å². The van der Waals surface area contributed by atoms with E-state index in [0.717, 1.165) is 0 Å². The molecule has 0 spiro atoms. The average Bonchev–Trinajstić information content (AvgIpc) is 2.71. The summed E-state index contributed by atoms with van der Waals surface area (Å²) in [6.45, 7) is 3.56. The lowest BCUT2D eigenvalue weighted by Crippen LogP contribution is -2.74. The SMILES string of the molecule is CCOC(=O)c1c(I)c(C23CC(C2)C3(F)F)nn1CC1(C)CC(F)(F)C1. The lowest BCUT2D eigenvalue weighted by Gasteiger charge is -2.66. The summed E-state index contributed by atoms with van der Waals surface area (Å²) in [5, 5.41) is 4.34. The predicted molar refractivity (Wildman–Crippen MR) is 92.5 cm³/mol.